The maximum absolute atomic E-state index is 6.62. The van der Waals surface area contributed by atoms with Crippen molar-refractivity contribution < 1.29 is 8.83 Å². The highest BCUT2D eigenvalue weighted by Gasteiger charge is 2.23. The molecule has 5 heterocycles. The molecule has 0 aliphatic carbocycles. The highest BCUT2D eigenvalue weighted by atomic mass is 32.1. The molecule has 0 spiro atoms. The predicted octanol–water partition coefficient (Wildman–Crippen LogP) is 19.1. The summed E-state index contributed by atoms with van der Waals surface area (Å²) in [4.78, 5) is 16.0. The minimum atomic E-state index is 0.507. The molecule has 0 fully saturated rings. The summed E-state index contributed by atoms with van der Waals surface area (Å²) in [5, 5.41) is 9.03. The summed E-state index contributed by atoms with van der Waals surface area (Å²) in [7, 11) is 0. The van der Waals surface area contributed by atoms with Crippen molar-refractivity contribution in [2.45, 2.75) is 0 Å². The van der Waals surface area contributed by atoms with Crippen LogP contribution in [0.5, 0.6) is 0 Å². The van der Waals surface area contributed by atoms with E-state index in [0.29, 0.717) is 17.6 Å². The van der Waals surface area contributed by atoms with Crippen molar-refractivity contribution in [2.75, 3.05) is 0 Å². The Labute approximate surface area is 439 Å². The van der Waals surface area contributed by atoms with Crippen molar-refractivity contribution in [3.63, 3.8) is 0 Å². The predicted molar refractivity (Wildman–Crippen MR) is 314 cm³/mol. The lowest BCUT2D eigenvalue weighted by Gasteiger charge is -2.14. The maximum atomic E-state index is 6.62. The molecule has 0 aliphatic rings. The second kappa shape index (κ2) is 16.8. The van der Waals surface area contributed by atoms with Crippen molar-refractivity contribution in [3.05, 3.63) is 243 Å². The van der Waals surface area contributed by atoms with Crippen LogP contribution in [-0.4, -0.2) is 19.5 Å². The fourth-order valence-corrected chi connectivity index (χ4v) is 12.7. The van der Waals surface area contributed by atoms with Crippen molar-refractivity contribution in [3.8, 4) is 73.2 Å². The van der Waals surface area contributed by atoms with Crippen LogP contribution in [-0.2, 0) is 0 Å². The molecule has 11 aromatic carbocycles. The van der Waals surface area contributed by atoms with Crippen LogP contribution in [0.4, 0.5) is 0 Å². The number of nitrogens with zero attached hydrogens (tertiary/aromatic N) is 4. The molecule has 0 bridgehead atoms. The maximum Gasteiger partial charge on any atom is 0.238 e. The van der Waals surface area contributed by atoms with E-state index in [-0.39, 0.29) is 0 Å². The molecule has 0 atom stereocenters. The molecule has 16 aromatic rings. The van der Waals surface area contributed by atoms with Gasteiger partial charge in [0.2, 0.25) is 5.95 Å². The van der Waals surface area contributed by atoms with Crippen LogP contribution in [0, 0.1) is 0 Å². The molecular formula is C69H40N4O2S. The molecule has 0 saturated heterocycles. The van der Waals surface area contributed by atoms with Crippen molar-refractivity contribution >= 4 is 97.2 Å². The van der Waals surface area contributed by atoms with E-state index in [1.54, 1.807) is 0 Å². The number of thiophene rings is 1. The van der Waals surface area contributed by atoms with Crippen LogP contribution in [0.2, 0.25) is 0 Å². The summed E-state index contributed by atoms with van der Waals surface area (Å²) in [5.41, 5.74) is 15.9. The van der Waals surface area contributed by atoms with Gasteiger partial charge in [-0.2, -0.15) is 9.97 Å². The lowest BCUT2D eigenvalue weighted by Crippen LogP contribution is -2.07. The Morgan fingerprint density at radius 3 is 1.68 bits per heavy atom. The van der Waals surface area contributed by atoms with E-state index in [9.17, 15) is 0 Å². The molecule has 0 radical (unpaired) electrons. The van der Waals surface area contributed by atoms with Gasteiger partial charge in [-0.1, -0.05) is 182 Å². The molecule has 7 heteroatoms. The van der Waals surface area contributed by atoms with Crippen LogP contribution in [0.25, 0.3) is 159 Å². The van der Waals surface area contributed by atoms with Gasteiger partial charge in [0.05, 0.1) is 11.0 Å². The van der Waals surface area contributed by atoms with Gasteiger partial charge in [-0.25, -0.2) is 4.98 Å². The lowest BCUT2D eigenvalue weighted by molar-refractivity contribution is 0.669. The molecule has 0 aliphatic heterocycles. The van der Waals surface area contributed by atoms with Crippen LogP contribution < -0.4 is 0 Å². The Kier molecular flexibility index (Phi) is 9.40. The smallest absolute Gasteiger partial charge is 0.238 e. The van der Waals surface area contributed by atoms with E-state index in [0.717, 1.165) is 110 Å². The molecule has 0 N–H and O–H groups in total. The first-order valence-electron chi connectivity index (χ1n) is 25.5. The normalized spacial score (nSPS) is 11.9. The molecule has 76 heavy (non-hydrogen) atoms. The molecule has 5 aromatic heterocycles. The van der Waals surface area contributed by atoms with Gasteiger partial charge in [0.1, 0.15) is 22.3 Å². The molecule has 16 rings (SSSR count). The Bertz CT molecular complexity index is 5020. The molecule has 0 amide bonds. The topological polar surface area (TPSA) is 69.9 Å². The SMILES string of the molecule is c1ccc(-c2nc(-c3ccc4c(c3)oc3ccccc34)nc(-n3c4ccc(-c5cccc6c5oc5ccccc56)cc4c4cccc(-c5cccc(-c6cccc(-c7cccc8sc9ccccc9c78)c6)c5)c43)n2)cc1. The second-order valence-electron chi connectivity index (χ2n) is 19.4. The fraction of sp³-hybridized carbons (Fsp3) is 0. The van der Waals surface area contributed by atoms with E-state index in [2.05, 4.69) is 199 Å². The summed E-state index contributed by atoms with van der Waals surface area (Å²) in [6.07, 6.45) is 0. The van der Waals surface area contributed by atoms with Gasteiger partial charge >= 0.3 is 0 Å². The van der Waals surface area contributed by atoms with E-state index < -0.39 is 0 Å². The quantitative estimate of drug-likeness (QED) is 0.159. The monoisotopic (exact) mass is 988 g/mol. The molecule has 0 unspecified atom stereocenters. The number of furan rings is 2. The van der Waals surface area contributed by atoms with Crippen LogP contribution in [0.15, 0.2) is 251 Å². The van der Waals surface area contributed by atoms with Crippen LogP contribution in [0.1, 0.15) is 0 Å². The highest BCUT2D eigenvalue weighted by Crippen LogP contribution is 2.44. The van der Waals surface area contributed by atoms with Crippen molar-refractivity contribution in [1.82, 2.24) is 19.5 Å². The zero-order chi connectivity index (χ0) is 49.8. The number of hydrogen-bond donors (Lipinski definition) is 0. The van der Waals surface area contributed by atoms with E-state index in [1.807, 2.05) is 59.9 Å². The standard InChI is InChI=1S/C69H40N4O2S/c1-2-15-41(16-3-1)67-70-68(47-33-35-53-51-21-4-7-29-59(51)74-61(53)40-47)72-69(71-67)73-58-36-34-46(50-26-13-28-55-52-22-5-8-30-60(52)75-66(50)55)39-57(58)54-27-12-25-49(65(54)73)45-20-11-18-43(38-45)42-17-10-19-44(37-42)48-24-14-32-63-64(48)56-23-6-9-31-62(56)76-63/h1-40H. The number of benzene rings is 11. The number of rotatable bonds is 7. The Balaban J connectivity index is 0.918. The highest BCUT2D eigenvalue weighted by molar-refractivity contribution is 7.25. The Morgan fingerprint density at radius 2 is 0.868 bits per heavy atom. The Hall–Kier alpha value is -9.95. The van der Waals surface area contributed by atoms with E-state index in [1.165, 1.54) is 31.3 Å². The van der Waals surface area contributed by atoms with Gasteiger partial charge < -0.3 is 8.83 Å². The van der Waals surface area contributed by atoms with Gasteiger partial charge in [-0.3, -0.25) is 4.57 Å². The number of fused-ring (bicyclic) bond motifs is 12. The third-order valence-corrected chi connectivity index (χ3v) is 16.2. The number of hydrogen-bond acceptors (Lipinski definition) is 6. The molecule has 6 nitrogen and oxygen atoms in total. The second-order valence-corrected chi connectivity index (χ2v) is 20.5. The lowest BCUT2D eigenvalue weighted by atomic mass is 9.94. The summed E-state index contributed by atoms with van der Waals surface area (Å²) in [6, 6.07) is 85.9. The summed E-state index contributed by atoms with van der Waals surface area (Å²) in [6.45, 7) is 0. The third kappa shape index (κ3) is 6.69. The first-order valence-corrected chi connectivity index (χ1v) is 26.3. The van der Waals surface area contributed by atoms with E-state index in [4.69, 9.17) is 23.8 Å². The molecule has 354 valence electrons. The zero-order valence-electron chi connectivity index (χ0n) is 40.6. The molecule has 0 saturated carbocycles. The number of para-hydroxylation sites is 4. The van der Waals surface area contributed by atoms with E-state index >= 15 is 0 Å². The third-order valence-electron chi connectivity index (χ3n) is 15.1. The summed E-state index contributed by atoms with van der Waals surface area (Å²) >= 11 is 1.85. The average Bonchev–Trinajstić information content (AvgIpc) is 4.26. The van der Waals surface area contributed by atoms with Gasteiger partial charge in [0, 0.05) is 74.7 Å². The van der Waals surface area contributed by atoms with Crippen molar-refractivity contribution in [1.29, 1.82) is 0 Å². The van der Waals surface area contributed by atoms with Gasteiger partial charge in [0.15, 0.2) is 11.6 Å². The number of aromatic nitrogens is 4. The molecular weight excluding hydrogens is 949 g/mol. The minimum absolute atomic E-state index is 0.507. The average molecular weight is 989 g/mol. The van der Waals surface area contributed by atoms with Gasteiger partial charge in [-0.05, 0) is 94.0 Å². The zero-order valence-corrected chi connectivity index (χ0v) is 41.4. The first kappa shape index (κ1) is 42.5. The summed E-state index contributed by atoms with van der Waals surface area (Å²) < 4.78 is 17.9. The summed E-state index contributed by atoms with van der Waals surface area (Å²) in [5.74, 6) is 1.62. The van der Waals surface area contributed by atoms with Crippen LogP contribution in [0.3, 0.4) is 0 Å². The first-order chi connectivity index (χ1) is 37.6. The van der Waals surface area contributed by atoms with Gasteiger partial charge in [0.25, 0.3) is 0 Å². The minimum Gasteiger partial charge on any atom is -0.456 e. The largest absolute Gasteiger partial charge is 0.456 e. The van der Waals surface area contributed by atoms with Gasteiger partial charge in [-0.15, -0.1) is 11.3 Å². The fourth-order valence-electron chi connectivity index (χ4n) is 11.6. The van der Waals surface area contributed by atoms with Crippen LogP contribution >= 0.6 is 11.3 Å². The Morgan fingerprint density at radius 1 is 0.316 bits per heavy atom. The van der Waals surface area contributed by atoms with Crippen molar-refractivity contribution in [2.24, 2.45) is 0 Å².